The SMILES string of the molecule is Cc1cccc(N(c2ccccc2)c2ccc3c(c2)C2(c4cc(N(c5ccccc5)c5cccc(C)c5)ccc4-3)c3ccccc3-c3c2ccc2c3sc3ccccc32)c1. The summed E-state index contributed by atoms with van der Waals surface area (Å²) in [7, 11) is 0. The zero-order valence-corrected chi connectivity index (χ0v) is 34.2. The molecule has 0 bridgehead atoms. The third-order valence-corrected chi connectivity index (χ3v) is 13.9. The highest BCUT2D eigenvalue weighted by atomic mass is 32.1. The summed E-state index contributed by atoms with van der Waals surface area (Å²) < 4.78 is 2.68. The molecule has 3 heteroatoms. The van der Waals surface area contributed by atoms with Crippen LogP contribution in [0.15, 0.2) is 206 Å². The summed E-state index contributed by atoms with van der Waals surface area (Å²) in [5, 5.41) is 2.65. The van der Waals surface area contributed by atoms with Gasteiger partial charge in [-0.1, -0.05) is 127 Å². The molecule has 0 atom stereocenters. The summed E-state index contributed by atoms with van der Waals surface area (Å²) in [5.74, 6) is 0. The van der Waals surface area contributed by atoms with Crippen LogP contribution in [0.1, 0.15) is 33.4 Å². The van der Waals surface area contributed by atoms with Crippen LogP contribution < -0.4 is 9.80 Å². The molecule has 0 aliphatic heterocycles. The smallest absolute Gasteiger partial charge is 0.0727 e. The van der Waals surface area contributed by atoms with Crippen LogP contribution in [-0.2, 0) is 5.41 Å². The van der Waals surface area contributed by atoms with Gasteiger partial charge in [0.15, 0.2) is 0 Å². The van der Waals surface area contributed by atoms with E-state index in [9.17, 15) is 0 Å². The van der Waals surface area contributed by atoms with Crippen molar-refractivity contribution in [1.29, 1.82) is 0 Å². The van der Waals surface area contributed by atoms with Gasteiger partial charge in [0.05, 0.1) is 5.41 Å². The first-order chi connectivity index (χ1) is 29.6. The Kier molecular flexibility index (Phi) is 7.79. The van der Waals surface area contributed by atoms with Gasteiger partial charge in [-0.2, -0.15) is 0 Å². The molecule has 12 rings (SSSR count). The second kappa shape index (κ2) is 13.4. The molecule has 2 nitrogen and oxygen atoms in total. The number of aryl methyl sites for hydroxylation is 2. The van der Waals surface area contributed by atoms with Crippen molar-refractivity contribution in [3.8, 4) is 22.3 Å². The Bertz CT molecular complexity index is 3170. The van der Waals surface area contributed by atoms with Gasteiger partial charge in [-0.05, 0) is 143 Å². The summed E-state index contributed by atoms with van der Waals surface area (Å²) in [6.07, 6.45) is 0. The summed E-state index contributed by atoms with van der Waals surface area (Å²) >= 11 is 1.93. The van der Waals surface area contributed by atoms with Gasteiger partial charge >= 0.3 is 0 Å². The van der Waals surface area contributed by atoms with E-state index in [0.717, 1.165) is 34.1 Å². The third kappa shape index (κ3) is 5.06. The Morgan fingerprint density at radius 2 is 0.867 bits per heavy atom. The lowest BCUT2D eigenvalue weighted by atomic mass is 9.70. The first kappa shape index (κ1) is 34.8. The topological polar surface area (TPSA) is 6.48 Å². The molecule has 0 fully saturated rings. The lowest BCUT2D eigenvalue weighted by Crippen LogP contribution is -2.26. The van der Waals surface area contributed by atoms with Crippen molar-refractivity contribution >= 4 is 65.6 Å². The molecule has 1 aromatic heterocycles. The fourth-order valence-corrected chi connectivity index (χ4v) is 11.5. The van der Waals surface area contributed by atoms with E-state index >= 15 is 0 Å². The molecular formula is C57H40N2S. The van der Waals surface area contributed by atoms with Gasteiger partial charge in [-0.3, -0.25) is 0 Å². The molecule has 60 heavy (non-hydrogen) atoms. The Morgan fingerprint density at radius 1 is 0.350 bits per heavy atom. The number of para-hydroxylation sites is 2. The molecule has 2 aliphatic carbocycles. The van der Waals surface area contributed by atoms with E-state index in [4.69, 9.17) is 0 Å². The highest BCUT2D eigenvalue weighted by Gasteiger charge is 2.52. The number of nitrogens with zero attached hydrogens (tertiary/aromatic N) is 2. The minimum Gasteiger partial charge on any atom is -0.310 e. The average molecular weight is 785 g/mol. The van der Waals surface area contributed by atoms with Crippen LogP contribution in [-0.4, -0.2) is 0 Å². The Morgan fingerprint density at radius 3 is 1.47 bits per heavy atom. The number of rotatable bonds is 6. The van der Waals surface area contributed by atoms with Crippen LogP contribution in [0.3, 0.4) is 0 Å². The van der Waals surface area contributed by atoms with Crippen LogP contribution in [0.4, 0.5) is 34.1 Å². The molecule has 284 valence electrons. The predicted molar refractivity (Wildman–Crippen MR) is 254 cm³/mol. The quantitative estimate of drug-likeness (QED) is 0.166. The minimum absolute atomic E-state index is 0.573. The van der Waals surface area contributed by atoms with E-state index in [0.29, 0.717) is 0 Å². The third-order valence-electron chi connectivity index (χ3n) is 12.7. The van der Waals surface area contributed by atoms with Crippen molar-refractivity contribution in [3.63, 3.8) is 0 Å². The molecule has 10 aromatic rings. The van der Waals surface area contributed by atoms with Crippen LogP contribution in [0.2, 0.25) is 0 Å². The Balaban J connectivity index is 1.18. The van der Waals surface area contributed by atoms with Gasteiger partial charge < -0.3 is 9.80 Å². The van der Waals surface area contributed by atoms with Gasteiger partial charge in [-0.25, -0.2) is 0 Å². The summed E-state index contributed by atoms with van der Waals surface area (Å²) in [6.45, 7) is 4.35. The van der Waals surface area contributed by atoms with Gasteiger partial charge in [0.25, 0.3) is 0 Å². The molecule has 0 saturated carbocycles. The summed E-state index contributed by atoms with van der Waals surface area (Å²) in [5.41, 5.74) is 19.2. The number of anilines is 6. The first-order valence-electron chi connectivity index (χ1n) is 20.8. The van der Waals surface area contributed by atoms with E-state index < -0.39 is 5.41 Å². The lowest BCUT2D eigenvalue weighted by molar-refractivity contribution is 0.794. The van der Waals surface area contributed by atoms with Crippen LogP contribution in [0, 0.1) is 13.8 Å². The zero-order valence-electron chi connectivity index (χ0n) is 33.4. The summed E-state index contributed by atoms with van der Waals surface area (Å²) in [4.78, 5) is 4.84. The maximum Gasteiger partial charge on any atom is 0.0727 e. The number of benzene rings is 9. The van der Waals surface area contributed by atoms with Gasteiger partial charge in [-0.15, -0.1) is 11.3 Å². The molecule has 0 unspecified atom stereocenters. The molecule has 1 spiro atoms. The fourth-order valence-electron chi connectivity index (χ4n) is 10.3. The highest BCUT2D eigenvalue weighted by molar-refractivity contribution is 7.26. The molecule has 9 aromatic carbocycles. The maximum absolute atomic E-state index is 2.50. The van der Waals surface area contributed by atoms with Gasteiger partial charge in [0.2, 0.25) is 0 Å². The Labute approximate surface area is 354 Å². The normalized spacial score (nSPS) is 13.0. The number of thiophene rings is 1. The molecule has 0 radical (unpaired) electrons. The van der Waals surface area contributed by atoms with Crippen LogP contribution in [0.25, 0.3) is 42.4 Å². The van der Waals surface area contributed by atoms with Crippen molar-refractivity contribution in [2.24, 2.45) is 0 Å². The number of fused-ring (bicyclic) bond motifs is 14. The second-order valence-electron chi connectivity index (χ2n) is 16.2. The second-order valence-corrected chi connectivity index (χ2v) is 17.3. The average Bonchev–Trinajstić information content (AvgIpc) is 3.91. The van der Waals surface area contributed by atoms with E-state index in [-0.39, 0.29) is 0 Å². The zero-order chi connectivity index (χ0) is 40.0. The summed E-state index contributed by atoms with van der Waals surface area (Å²) in [6, 6.07) is 76.7. The number of hydrogen-bond acceptors (Lipinski definition) is 3. The van der Waals surface area contributed by atoms with Crippen molar-refractivity contribution in [3.05, 3.63) is 240 Å². The van der Waals surface area contributed by atoms with Gasteiger partial charge in [0, 0.05) is 59.9 Å². The van der Waals surface area contributed by atoms with E-state index in [1.54, 1.807) is 0 Å². The van der Waals surface area contributed by atoms with Crippen molar-refractivity contribution in [1.82, 2.24) is 0 Å². The van der Waals surface area contributed by atoms with Crippen LogP contribution >= 0.6 is 11.3 Å². The molecule has 0 N–H and O–H groups in total. The molecule has 1 heterocycles. The van der Waals surface area contributed by atoms with E-state index in [2.05, 4.69) is 230 Å². The van der Waals surface area contributed by atoms with Crippen LogP contribution in [0.5, 0.6) is 0 Å². The lowest BCUT2D eigenvalue weighted by Gasteiger charge is -2.33. The van der Waals surface area contributed by atoms with E-state index in [1.165, 1.54) is 75.8 Å². The monoisotopic (exact) mass is 784 g/mol. The largest absolute Gasteiger partial charge is 0.310 e. The van der Waals surface area contributed by atoms with E-state index in [1.807, 2.05) is 11.3 Å². The van der Waals surface area contributed by atoms with Gasteiger partial charge in [0.1, 0.15) is 0 Å². The highest BCUT2D eigenvalue weighted by Crippen LogP contribution is 2.65. The first-order valence-corrected chi connectivity index (χ1v) is 21.6. The van der Waals surface area contributed by atoms with Crippen molar-refractivity contribution in [2.45, 2.75) is 19.3 Å². The minimum atomic E-state index is -0.573. The molecular weight excluding hydrogens is 745 g/mol. The van der Waals surface area contributed by atoms with Crippen molar-refractivity contribution in [2.75, 3.05) is 9.80 Å². The molecule has 2 aliphatic rings. The predicted octanol–water partition coefficient (Wildman–Crippen LogP) is 16.0. The maximum atomic E-state index is 2.50. The molecule has 0 saturated heterocycles. The van der Waals surface area contributed by atoms with Crippen molar-refractivity contribution < 1.29 is 0 Å². The Hall–Kier alpha value is -7.20. The molecule has 0 amide bonds. The number of hydrogen-bond donors (Lipinski definition) is 0. The standard InChI is InChI=1S/C57H40N2S/c1-37-15-13-21-41(33-37)58(39-17-5-3-6-18-39)43-27-29-45-46-30-28-44(59(40-19-7-4-8-20-40)42-22-14-16-38(2)34-42)36-53(46)57(52(45)35-43)50-25-11-9-24-49(50)55-51(57)32-31-48-47-23-10-12-26-54(47)60-56(48)55/h3-36H,1-2H3. The fraction of sp³-hybridized carbons (Fsp3) is 0.0526.